The van der Waals surface area contributed by atoms with Gasteiger partial charge in [0.15, 0.2) is 45.0 Å². The van der Waals surface area contributed by atoms with Crippen molar-refractivity contribution in [3.8, 4) is 57.3 Å². The molecule has 0 spiro atoms. The minimum absolute atomic E-state index is 0.0291. The third-order valence-electron chi connectivity index (χ3n) is 16.2. The molecule has 14 aromatic rings. The summed E-state index contributed by atoms with van der Waals surface area (Å²) in [5.41, 5.74) is 7.16. The van der Waals surface area contributed by atoms with Gasteiger partial charge in [0.2, 0.25) is 22.3 Å². The van der Waals surface area contributed by atoms with Crippen molar-refractivity contribution in [2.75, 3.05) is 7.05 Å². The van der Waals surface area contributed by atoms with Gasteiger partial charge in [-0.3, -0.25) is 13.7 Å². The Hall–Kier alpha value is -11.9. The molecule has 11 heterocycles. The summed E-state index contributed by atoms with van der Waals surface area (Å²) in [6.07, 6.45) is -7.29. The number of aromatic nitrogens is 20. The van der Waals surface area contributed by atoms with E-state index in [0.717, 1.165) is 24.2 Å². The van der Waals surface area contributed by atoms with Gasteiger partial charge in [-0.25, -0.2) is 59.2 Å². The Kier molecular flexibility index (Phi) is 25.8. The molecule has 0 radical (unpaired) electrons. The molecule has 0 unspecified atom stereocenters. The molecule has 45 heteroatoms. The van der Waals surface area contributed by atoms with E-state index in [1.807, 2.05) is 13.8 Å². The van der Waals surface area contributed by atoms with Crippen molar-refractivity contribution in [1.82, 2.24) is 97.2 Å². The Balaban J connectivity index is 0.000000166. The number of aryl methyl sites for hydroxylation is 5. The summed E-state index contributed by atoms with van der Waals surface area (Å²) in [5, 5.41) is 17.4. The molecule has 0 aliphatic rings. The second kappa shape index (κ2) is 34.8. The average Bonchev–Trinajstić information content (AvgIpc) is 1.64. The number of benzene rings is 3. The van der Waals surface area contributed by atoms with E-state index in [0.29, 0.717) is 68.7 Å². The fourth-order valence-corrected chi connectivity index (χ4v) is 11.8. The zero-order valence-corrected chi connectivity index (χ0v) is 61.3. The highest BCUT2D eigenvalue weighted by atomic mass is 35.5. The van der Waals surface area contributed by atoms with Crippen LogP contribution in [0.4, 0.5) is 57.1 Å². The lowest BCUT2D eigenvalue weighted by molar-refractivity contribution is -0.141. The van der Waals surface area contributed by atoms with Crippen LogP contribution in [0.5, 0.6) is 11.8 Å². The van der Waals surface area contributed by atoms with Gasteiger partial charge in [0, 0.05) is 74.3 Å². The van der Waals surface area contributed by atoms with Crippen molar-refractivity contribution < 1.29 is 76.6 Å². The fraction of sp³-hybridized carbons (Fsp3) is 0.235. The van der Waals surface area contributed by atoms with E-state index in [2.05, 4.69) is 85.0 Å². The highest BCUT2D eigenvalue weighted by Crippen LogP contribution is 2.35. The monoisotopic (exact) mass is 1640 g/mol. The number of aromatic amines is 3. The zero-order valence-electron chi connectivity index (χ0n) is 59.1. The van der Waals surface area contributed by atoms with E-state index in [9.17, 15) is 71.5 Å². The first-order chi connectivity index (χ1) is 53.5. The molecule has 14 rings (SSSR count). The molecular weight excluding hydrogens is 1590 g/mol. The molecule has 28 nitrogen and oxygen atoms in total. The lowest BCUT2D eigenvalue weighted by Crippen LogP contribution is -2.32. The standard InChI is InChI=1S/C25H20F5N7O2.C19H16ClF3N6O.C17H11Cl2F3N6O.C6H6BF2NO3.CH5N/c1-3-16-18-21(35-19(32-16)15-5-4-10-31-22(15)39-23(26)27)37(24(38)34-18)11-13-6-8-14(9-7-13)20-33-17(12-36(20)2)25(28,29)30;1-3-12-14-16(27-17(20)24-12)29(18(30)26-14)8-10-4-6-11(7-5-10)15-25-13(9-28(15)2)19(21,22)23;1-27-7-10(17(20,21)22)23-13(27)9-4-2-8(3-5-9)6-28-14-11(24-16(28)29)12(18)25-15(19)26-14;8-6(9)13-5-4(7(11)12)2-1-3-10-5;1-2/h4-10,12,23H,3,11H2,1-2H3,(H,34,38);4-7,9H,3,8H2,1-2H3,(H,26,30);2-5,7H,6H2,1H3,(H,24,29);1-3,6,11-12H;2H2,1H3. The zero-order chi connectivity index (χ0) is 82.3. The second-order valence-electron chi connectivity index (χ2n) is 23.7. The van der Waals surface area contributed by atoms with Crippen molar-refractivity contribution >= 4 is 80.9 Å². The minimum atomic E-state index is -4.56. The predicted molar refractivity (Wildman–Crippen MR) is 387 cm³/mol. The molecule has 592 valence electrons. The molecule has 0 bridgehead atoms. The first-order valence-electron chi connectivity index (χ1n) is 32.8. The van der Waals surface area contributed by atoms with Crippen LogP contribution in [-0.4, -0.2) is 135 Å². The molecule has 7 N–H and O–H groups in total. The maximum Gasteiger partial charge on any atom is 0.494 e. The van der Waals surface area contributed by atoms with E-state index in [1.165, 1.54) is 92.3 Å². The number of nitrogens with zero attached hydrogens (tertiary/aromatic N) is 17. The quantitative estimate of drug-likeness (QED) is 0.0213. The van der Waals surface area contributed by atoms with Gasteiger partial charge in [-0.1, -0.05) is 104 Å². The third-order valence-corrected chi connectivity index (χ3v) is 16.9. The maximum absolute atomic E-state index is 13.0. The number of halogens is 16. The lowest BCUT2D eigenvalue weighted by atomic mass is 9.81. The van der Waals surface area contributed by atoms with E-state index >= 15 is 0 Å². The van der Waals surface area contributed by atoms with E-state index in [-0.39, 0.29) is 98.1 Å². The van der Waals surface area contributed by atoms with Crippen LogP contribution in [0.3, 0.4) is 0 Å². The minimum Gasteiger partial charge on any atom is -0.423 e. The maximum atomic E-state index is 13.0. The molecule has 0 aliphatic carbocycles. The highest BCUT2D eigenvalue weighted by Gasteiger charge is 2.37. The Labute approximate surface area is 641 Å². The van der Waals surface area contributed by atoms with Gasteiger partial charge in [0.1, 0.15) is 34.0 Å². The largest absolute Gasteiger partial charge is 0.494 e. The van der Waals surface area contributed by atoms with Crippen molar-refractivity contribution in [1.29, 1.82) is 0 Å². The van der Waals surface area contributed by atoms with Crippen molar-refractivity contribution in [3.63, 3.8) is 0 Å². The van der Waals surface area contributed by atoms with Crippen LogP contribution in [0.1, 0.15) is 59.0 Å². The number of hydrogen-bond donors (Lipinski definition) is 6. The number of nitrogens with two attached hydrogens (primary N) is 1. The van der Waals surface area contributed by atoms with E-state index in [1.54, 1.807) is 72.8 Å². The summed E-state index contributed by atoms with van der Waals surface area (Å²) >= 11 is 17.8. The first-order valence-corrected chi connectivity index (χ1v) is 33.9. The molecule has 0 aliphatic heterocycles. The number of ether oxygens (including phenoxy) is 2. The number of rotatable bonds is 17. The number of H-pyrrole nitrogens is 3. The molecule has 0 saturated carbocycles. The van der Waals surface area contributed by atoms with Crippen molar-refractivity contribution in [3.05, 3.63) is 220 Å². The first kappa shape index (κ1) is 83.6. The van der Waals surface area contributed by atoms with Gasteiger partial charge in [0.05, 0.1) is 36.6 Å². The topological polar surface area (TPSA) is 355 Å². The lowest BCUT2D eigenvalue weighted by Gasteiger charge is -2.10. The van der Waals surface area contributed by atoms with Gasteiger partial charge >= 0.3 is 55.9 Å². The van der Waals surface area contributed by atoms with Crippen molar-refractivity contribution in [2.24, 2.45) is 26.9 Å². The van der Waals surface area contributed by atoms with Gasteiger partial charge in [-0.05, 0) is 78.0 Å². The molecule has 0 atom stereocenters. The number of pyridine rings is 2. The number of hydrogen-bond acceptors (Lipinski definition) is 19. The SMILES string of the molecule is CCc1nc(-c2cccnc2OC(F)F)nc2c1[nH]c(=O)n2Cc1ccc(-c2nc(C(F)(F)F)cn2C)cc1.CCc1nc(Cl)nc2c1[nH]c(=O)n2Cc1ccc(-c2nc(C(F)(F)F)cn2C)cc1.CN.Cn1cc(C(F)(F)F)nc1-c1ccc(Cn2c(=O)[nH]c3c(Cl)nc(Cl)nc32)cc1.OB(O)c1cccnc1OC(F)F. The Morgan fingerprint density at radius 1 is 0.469 bits per heavy atom. The van der Waals surface area contributed by atoms with Crippen LogP contribution in [0, 0.1) is 0 Å². The molecule has 0 fully saturated rings. The van der Waals surface area contributed by atoms with Crippen LogP contribution in [0.25, 0.3) is 79.0 Å². The molecule has 11 aromatic heterocycles. The smallest absolute Gasteiger partial charge is 0.423 e. The second-order valence-corrected chi connectivity index (χ2v) is 24.8. The predicted octanol–water partition coefficient (Wildman–Crippen LogP) is 11.4. The molecule has 113 heavy (non-hydrogen) atoms. The number of nitrogens with one attached hydrogen (secondary N) is 3. The van der Waals surface area contributed by atoms with E-state index in [4.69, 9.17) is 44.9 Å². The van der Waals surface area contributed by atoms with Gasteiger partial charge in [0.25, 0.3) is 0 Å². The third kappa shape index (κ3) is 19.5. The Morgan fingerprint density at radius 3 is 1.19 bits per heavy atom. The average molecular weight is 1650 g/mol. The normalized spacial score (nSPS) is 11.7. The van der Waals surface area contributed by atoms with Crippen LogP contribution < -0.4 is 37.7 Å². The molecule has 0 amide bonds. The summed E-state index contributed by atoms with van der Waals surface area (Å²) < 4.78 is 182. The molecule has 3 aromatic carbocycles. The van der Waals surface area contributed by atoms with Gasteiger partial charge in [-0.15, -0.1) is 0 Å². The van der Waals surface area contributed by atoms with Gasteiger partial charge < -0.3 is 53.9 Å². The van der Waals surface area contributed by atoms with Crippen LogP contribution in [-0.2, 0) is 72.1 Å². The summed E-state index contributed by atoms with van der Waals surface area (Å²) in [6.45, 7) is -1.99. The number of alkyl halides is 13. The summed E-state index contributed by atoms with van der Waals surface area (Å²) in [4.78, 5) is 89.0. The van der Waals surface area contributed by atoms with E-state index < -0.39 is 73.2 Å². The fourth-order valence-electron chi connectivity index (χ4n) is 11.2. The Morgan fingerprint density at radius 2 is 0.814 bits per heavy atom. The number of imidazole rings is 6. The van der Waals surface area contributed by atoms with Crippen LogP contribution in [0.2, 0.25) is 15.7 Å². The van der Waals surface area contributed by atoms with Crippen LogP contribution in [0.15, 0.2) is 142 Å². The van der Waals surface area contributed by atoms with Crippen LogP contribution >= 0.6 is 34.8 Å². The molecular formula is C68H58BCl3F13N21O7. The number of fused-ring (bicyclic) bond motifs is 3. The van der Waals surface area contributed by atoms with Crippen molar-refractivity contribution in [2.45, 2.75) is 78.1 Å². The Bertz CT molecular complexity index is 5880. The summed E-state index contributed by atoms with van der Waals surface area (Å²) in [7, 11) is 4.10. The highest BCUT2D eigenvalue weighted by molar-refractivity contribution is 6.59. The summed E-state index contributed by atoms with van der Waals surface area (Å²) in [6, 6.07) is 25.6. The summed E-state index contributed by atoms with van der Waals surface area (Å²) in [5.74, 6) is -0.253. The van der Waals surface area contributed by atoms with Gasteiger partial charge in [-0.2, -0.15) is 67.0 Å². The molecule has 0 saturated heterocycles.